The standard InChI is InChI=1S/C32H40FN3O4S/c1-7-30(32(38)34-23(4)5)35(20-25-10-14-27(33)15-11-25)31(37)21-36(28-16-12-26(13-17-28)22(2)3)41(39,40)29-18-8-24(6)9-19-29/h8-19,22-23,30H,7,20-21H2,1-6H3,(H,34,38)/t30-/m1/s1. The van der Waals surface area contributed by atoms with Crippen LogP contribution >= 0.6 is 0 Å². The Morgan fingerprint density at radius 3 is 1.98 bits per heavy atom. The number of amides is 2. The van der Waals surface area contributed by atoms with Crippen LogP contribution in [0.25, 0.3) is 0 Å². The van der Waals surface area contributed by atoms with E-state index in [1.54, 1.807) is 43.3 Å². The SMILES string of the molecule is CC[C@H](C(=O)NC(C)C)N(Cc1ccc(F)cc1)C(=O)CN(c1ccc(C(C)C)cc1)S(=O)(=O)c1ccc(C)cc1. The maximum Gasteiger partial charge on any atom is 0.264 e. The molecule has 0 spiro atoms. The molecule has 220 valence electrons. The maximum absolute atomic E-state index is 14.1. The Morgan fingerprint density at radius 2 is 1.46 bits per heavy atom. The van der Waals surface area contributed by atoms with Crippen molar-refractivity contribution in [3.8, 4) is 0 Å². The summed E-state index contributed by atoms with van der Waals surface area (Å²) in [6, 6.07) is 18.2. The summed E-state index contributed by atoms with van der Waals surface area (Å²) in [7, 11) is -4.15. The van der Waals surface area contributed by atoms with Gasteiger partial charge in [0.25, 0.3) is 10.0 Å². The third kappa shape index (κ3) is 8.16. The average molecular weight is 582 g/mol. The lowest BCUT2D eigenvalue weighted by molar-refractivity contribution is -0.140. The number of anilines is 1. The zero-order chi connectivity index (χ0) is 30.3. The second-order valence-electron chi connectivity index (χ2n) is 10.8. The highest BCUT2D eigenvalue weighted by atomic mass is 32.2. The fourth-order valence-electron chi connectivity index (χ4n) is 4.48. The van der Waals surface area contributed by atoms with E-state index in [-0.39, 0.29) is 29.3 Å². The Kier molecular flexibility index (Phi) is 10.7. The van der Waals surface area contributed by atoms with Crippen molar-refractivity contribution in [3.05, 3.63) is 95.3 Å². The first kappa shape index (κ1) is 31.8. The molecule has 0 unspecified atom stereocenters. The molecular formula is C32H40FN3O4S. The van der Waals surface area contributed by atoms with Crippen LogP contribution in [0, 0.1) is 12.7 Å². The Labute approximate surface area is 243 Å². The summed E-state index contributed by atoms with van der Waals surface area (Å²) < 4.78 is 42.6. The number of hydrogen-bond donors (Lipinski definition) is 1. The highest BCUT2D eigenvalue weighted by molar-refractivity contribution is 7.92. The average Bonchev–Trinajstić information content (AvgIpc) is 2.92. The molecule has 7 nitrogen and oxygen atoms in total. The molecule has 0 fully saturated rings. The summed E-state index contributed by atoms with van der Waals surface area (Å²) in [4.78, 5) is 28.7. The van der Waals surface area contributed by atoms with Crippen LogP contribution in [0.2, 0.25) is 0 Å². The van der Waals surface area contributed by atoms with E-state index in [9.17, 15) is 22.4 Å². The second-order valence-corrected chi connectivity index (χ2v) is 12.7. The van der Waals surface area contributed by atoms with E-state index in [0.717, 1.165) is 15.4 Å². The van der Waals surface area contributed by atoms with E-state index in [2.05, 4.69) is 5.32 Å². The van der Waals surface area contributed by atoms with E-state index in [0.29, 0.717) is 17.7 Å². The molecule has 9 heteroatoms. The summed E-state index contributed by atoms with van der Waals surface area (Å²) in [6.07, 6.45) is 0.305. The van der Waals surface area contributed by atoms with Gasteiger partial charge in [0, 0.05) is 12.6 Å². The zero-order valence-corrected chi connectivity index (χ0v) is 25.4. The van der Waals surface area contributed by atoms with Gasteiger partial charge in [0.15, 0.2) is 0 Å². The molecule has 3 aromatic carbocycles. The van der Waals surface area contributed by atoms with Crippen molar-refractivity contribution in [1.82, 2.24) is 10.2 Å². The van der Waals surface area contributed by atoms with Crippen molar-refractivity contribution in [2.45, 2.75) is 77.4 Å². The van der Waals surface area contributed by atoms with Crippen LogP contribution in [-0.2, 0) is 26.2 Å². The van der Waals surface area contributed by atoms with Crippen LogP contribution in [0.5, 0.6) is 0 Å². The zero-order valence-electron chi connectivity index (χ0n) is 24.6. The van der Waals surface area contributed by atoms with E-state index >= 15 is 0 Å². The predicted octanol–water partition coefficient (Wildman–Crippen LogP) is 5.78. The molecule has 0 heterocycles. The van der Waals surface area contributed by atoms with Gasteiger partial charge in [-0.3, -0.25) is 13.9 Å². The fraction of sp³-hybridized carbons (Fsp3) is 0.375. The molecule has 0 aliphatic carbocycles. The van der Waals surface area contributed by atoms with Gasteiger partial charge in [-0.15, -0.1) is 0 Å². The highest BCUT2D eigenvalue weighted by Crippen LogP contribution is 2.27. The maximum atomic E-state index is 14.1. The summed E-state index contributed by atoms with van der Waals surface area (Å²) >= 11 is 0. The minimum atomic E-state index is -4.15. The highest BCUT2D eigenvalue weighted by Gasteiger charge is 2.34. The fourth-order valence-corrected chi connectivity index (χ4v) is 5.89. The number of halogens is 1. The summed E-state index contributed by atoms with van der Waals surface area (Å²) in [5, 5.41) is 2.86. The molecule has 3 rings (SSSR count). The predicted molar refractivity (Wildman–Crippen MR) is 161 cm³/mol. The molecule has 2 amide bonds. The Bertz CT molecular complexity index is 1420. The van der Waals surface area contributed by atoms with E-state index in [1.807, 2.05) is 46.8 Å². The molecule has 0 bridgehead atoms. The van der Waals surface area contributed by atoms with Crippen molar-refractivity contribution in [2.24, 2.45) is 0 Å². The number of nitrogens with zero attached hydrogens (tertiary/aromatic N) is 2. The van der Waals surface area contributed by atoms with Gasteiger partial charge < -0.3 is 10.2 Å². The van der Waals surface area contributed by atoms with Crippen molar-refractivity contribution in [2.75, 3.05) is 10.8 Å². The molecule has 0 aliphatic heterocycles. The first-order chi connectivity index (χ1) is 19.3. The lowest BCUT2D eigenvalue weighted by Gasteiger charge is -2.33. The summed E-state index contributed by atoms with van der Waals surface area (Å²) in [6.45, 7) is 10.9. The van der Waals surface area contributed by atoms with E-state index in [1.165, 1.54) is 29.2 Å². The summed E-state index contributed by atoms with van der Waals surface area (Å²) in [5.41, 5.74) is 2.89. The molecule has 0 aliphatic rings. The number of rotatable bonds is 12. The minimum absolute atomic E-state index is 0.00778. The quantitative estimate of drug-likeness (QED) is 0.294. The smallest absolute Gasteiger partial charge is 0.264 e. The third-order valence-electron chi connectivity index (χ3n) is 6.82. The molecule has 3 aromatic rings. The molecule has 0 radical (unpaired) electrons. The number of carbonyl (C=O) groups excluding carboxylic acids is 2. The number of hydrogen-bond acceptors (Lipinski definition) is 4. The summed E-state index contributed by atoms with van der Waals surface area (Å²) in [5.74, 6) is -1.07. The molecule has 1 N–H and O–H groups in total. The monoisotopic (exact) mass is 581 g/mol. The molecular weight excluding hydrogens is 541 g/mol. The number of nitrogens with one attached hydrogen (secondary N) is 1. The van der Waals surface area contributed by atoms with Gasteiger partial charge in [-0.05, 0) is 80.6 Å². The van der Waals surface area contributed by atoms with Gasteiger partial charge in [-0.1, -0.05) is 62.7 Å². The molecule has 0 aromatic heterocycles. The van der Waals surface area contributed by atoms with Crippen LogP contribution in [0.1, 0.15) is 63.6 Å². The van der Waals surface area contributed by atoms with Crippen molar-refractivity contribution in [1.29, 1.82) is 0 Å². The van der Waals surface area contributed by atoms with Gasteiger partial charge in [-0.2, -0.15) is 0 Å². The number of aryl methyl sites for hydroxylation is 1. The van der Waals surface area contributed by atoms with Gasteiger partial charge >= 0.3 is 0 Å². The van der Waals surface area contributed by atoms with Gasteiger partial charge in [-0.25, -0.2) is 12.8 Å². The van der Waals surface area contributed by atoms with Crippen LogP contribution < -0.4 is 9.62 Å². The van der Waals surface area contributed by atoms with Crippen LogP contribution in [0.4, 0.5) is 10.1 Å². The Morgan fingerprint density at radius 1 is 0.878 bits per heavy atom. The normalized spacial score (nSPS) is 12.3. The lowest BCUT2D eigenvalue weighted by atomic mass is 10.0. The molecule has 0 saturated heterocycles. The van der Waals surface area contributed by atoms with Crippen LogP contribution in [0.3, 0.4) is 0 Å². The van der Waals surface area contributed by atoms with E-state index < -0.39 is 34.3 Å². The Balaban J connectivity index is 2.07. The molecule has 1 atom stereocenters. The number of benzene rings is 3. The van der Waals surface area contributed by atoms with Gasteiger partial charge in [0.05, 0.1) is 10.6 Å². The van der Waals surface area contributed by atoms with Crippen molar-refractivity contribution >= 4 is 27.5 Å². The Hall–Kier alpha value is -3.72. The third-order valence-corrected chi connectivity index (χ3v) is 8.61. The van der Waals surface area contributed by atoms with Crippen LogP contribution in [0.15, 0.2) is 77.7 Å². The first-order valence-electron chi connectivity index (χ1n) is 13.9. The lowest BCUT2D eigenvalue weighted by Crippen LogP contribution is -2.53. The largest absolute Gasteiger partial charge is 0.352 e. The topological polar surface area (TPSA) is 86.8 Å². The van der Waals surface area contributed by atoms with Gasteiger partial charge in [0.2, 0.25) is 11.8 Å². The molecule has 41 heavy (non-hydrogen) atoms. The first-order valence-corrected chi connectivity index (χ1v) is 15.3. The van der Waals surface area contributed by atoms with Crippen molar-refractivity contribution in [3.63, 3.8) is 0 Å². The number of carbonyl (C=O) groups is 2. The van der Waals surface area contributed by atoms with Crippen LogP contribution in [-0.4, -0.2) is 43.8 Å². The number of sulfonamides is 1. The minimum Gasteiger partial charge on any atom is -0.352 e. The second kappa shape index (κ2) is 13.8. The van der Waals surface area contributed by atoms with E-state index in [4.69, 9.17) is 0 Å². The van der Waals surface area contributed by atoms with Crippen molar-refractivity contribution < 1.29 is 22.4 Å². The molecule has 0 saturated carbocycles. The van der Waals surface area contributed by atoms with Gasteiger partial charge in [0.1, 0.15) is 18.4 Å².